The lowest BCUT2D eigenvalue weighted by Gasteiger charge is -2.24. The van der Waals surface area contributed by atoms with Gasteiger partial charge < -0.3 is 10.0 Å². The number of carbonyl (C=O) groups excluding carboxylic acids is 1. The van der Waals surface area contributed by atoms with Crippen molar-refractivity contribution in [1.82, 2.24) is 4.90 Å². The molecule has 0 radical (unpaired) electrons. The Morgan fingerprint density at radius 2 is 2.22 bits per heavy atom. The van der Waals surface area contributed by atoms with Crippen LogP contribution < -0.4 is 5.14 Å². The molecule has 1 amide bonds. The molecule has 0 bridgehead atoms. The van der Waals surface area contributed by atoms with Crippen molar-refractivity contribution < 1.29 is 23.1 Å². The first-order valence-corrected chi connectivity index (χ1v) is 7.49. The number of hydrogen-bond donors (Lipinski definition) is 2. The number of carboxylic acids is 1. The van der Waals surface area contributed by atoms with E-state index in [1.54, 1.807) is 0 Å². The molecule has 1 unspecified atom stereocenters. The van der Waals surface area contributed by atoms with Crippen molar-refractivity contribution in [2.75, 3.05) is 12.3 Å². The third-order valence-electron chi connectivity index (χ3n) is 2.93. The summed E-state index contributed by atoms with van der Waals surface area (Å²) in [6.45, 7) is 1.98. The Bertz CT molecular complexity index is 434. The van der Waals surface area contributed by atoms with Crippen LogP contribution in [0.3, 0.4) is 0 Å². The molecule has 0 saturated carbocycles. The quantitative estimate of drug-likeness (QED) is 0.671. The second-order valence-corrected chi connectivity index (χ2v) is 6.25. The molecule has 0 aromatic carbocycles. The number of aliphatic carboxylic acids is 1. The molecular weight excluding hydrogens is 260 g/mol. The predicted octanol–water partition coefficient (Wildman–Crippen LogP) is -0.623. The van der Waals surface area contributed by atoms with Crippen LogP contribution in [0.5, 0.6) is 0 Å². The molecule has 1 saturated heterocycles. The first kappa shape index (κ1) is 14.9. The lowest BCUT2D eigenvalue weighted by molar-refractivity contribution is -0.148. The number of likely N-dealkylation sites (tertiary alicyclic amines) is 1. The molecule has 0 aromatic rings. The minimum atomic E-state index is -3.64. The number of hydrogen-bond acceptors (Lipinski definition) is 4. The summed E-state index contributed by atoms with van der Waals surface area (Å²) in [5.74, 6) is -2.06. The van der Waals surface area contributed by atoms with Crippen molar-refractivity contribution in [2.24, 2.45) is 11.1 Å². The molecule has 1 heterocycles. The maximum absolute atomic E-state index is 11.7. The summed E-state index contributed by atoms with van der Waals surface area (Å²) >= 11 is 0. The molecule has 1 rings (SSSR count). The lowest BCUT2D eigenvalue weighted by atomic mass is 10.1. The van der Waals surface area contributed by atoms with Crippen LogP contribution in [0.2, 0.25) is 0 Å². The van der Waals surface area contributed by atoms with Gasteiger partial charge in [0.05, 0.1) is 5.75 Å². The van der Waals surface area contributed by atoms with Gasteiger partial charge in [0.25, 0.3) is 0 Å². The lowest BCUT2D eigenvalue weighted by Crippen LogP contribution is -2.42. The second-order valence-electron chi connectivity index (χ2n) is 4.59. The zero-order valence-electron chi connectivity index (χ0n) is 10.2. The first-order chi connectivity index (χ1) is 8.24. The molecule has 2 atom stereocenters. The molecule has 104 valence electrons. The van der Waals surface area contributed by atoms with Gasteiger partial charge in [-0.25, -0.2) is 18.4 Å². The Labute approximate surface area is 106 Å². The fourth-order valence-corrected chi connectivity index (χ4v) is 3.12. The van der Waals surface area contributed by atoms with E-state index in [9.17, 15) is 18.0 Å². The van der Waals surface area contributed by atoms with Gasteiger partial charge in [-0.1, -0.05) is 13.3 Å². The molecule has 7 nitrogen and oxygen atoms in total. The Morgan fingerprint density at radius 3 is 2.67 bits per heavy atom. The Kier molecular flexibility index (Phi) is 4.69. The van der Waals surface area contributed by atoms with Gasteiger partial charge in [0.15, 0.2) is 0 Å². The highest BCUT2D eigenvalue weighted by molar-refractivity contribution is 7.89. The van der Waals surface area contributed by atoms with Crippen LogP contribution in [0.25, 0.3) is 0 Å². The van der Waals surface area contributed by atoms with E-state index in [2.05, 4.69) is 0 Å². The average Bonchev–Trinajstić information content (AvgIpc) is 2.52. The van der Waals surface area contributed by atoms with Crippen LogP contribution in [0.1, 0.15) is 26.2 Å². The maximum atomic E-state index is 11.7. The molecule has 1 aliphatic heterocycles. The molecule has 1 fully saturated rings. The fourth-order valence-electron chi connectivity index (χ4n) is 2.24. The number of nitrogens with zero attached hydrogens (tertiary/aromatic N) is 1. The minimum Gasteiger partial charge on any atom is -0.480 e. The SMILES string of the molecule is CCC[C@@H](C(=O)O)N1CC(CS(N)(=O)=O)CC1=O. The van der Waals surface area contributed by atoms with Gasteiger partial charge in [-0.15, -0.1) is 0 Å². The third kappa shape index (κ3) is 3.95. The van der Waals surface area contributed by atoms with E-state index >= 15 is 0 Å². The van der Waals surface area contributed by atoms with Crippen molar-refractivity contribution >= 4 is 21.9 Å². The standard InChI is InChI=1S/C10H18N2O5S/c1-2-3-8(10(14)15)12-5-7(4-9(12)13)6-18(11,16)17/h7-8H,2-6H2,1H3,(H,14,15)(H2,11,16,17)/t7?,8-/m0/s1. The molecule has 0 aliphatic carbocycles. The summed E-state index contributed by atoms with van der Waals surface area (Å²) < 4.78 is 21.9. The fraction of sp³-hybridized carbons (Fsp3) is 0.800. The Balaban J connectivity index is 2.74. The summed E-state index contributed by atoms with van der Waals surface area (Å²) in [5, 5.41) is 14.0. The summed E-state index contributed by atoms with van der Waals surface area (Å²) in [7, 11) is -3.64. The Morgan fingerprint density at radius 1 is 1.61 bits per heavy atom. The second kappa shape index (κ2) is 5.66. The van der Waals surface area contributed by atoms with Crippen molar-refractivity contribution in [3.05, 3.63) is 0 Å². The van der Waals surface area contributed by atoms with Gasteiger partial charge in [0, 0.05) is 18.9 Å². The molecule has 8 heteroatoms. The van der Waals surface area contributed by atoms with Crippen LogP contribution in [-0.4, -0.2) is 48.6 Å². The number of carbonyl (C=O) groups is 2. The zero-order chi connectivity index (χ0) is 13.9. The maximum Gasteiger partial charge on any atom is 0.326 e. The van der Waals surface area contributed by atoms with Crippen molar-refractivity contribution in [3.63, 3.8) is 0 Å². The van der Waals surface area contributed by atoms with Crippen LogP contribution in [0.15, 0.2) is 0 Å². The third-order valence-corrected chi connectivity index (χ3v) is 3.87. The van der Waals surface area contributed by atoms with Crippen LogP contribution in [0.4, 0.5) is 0 Å². The molecule has 18 heavy (non-hydrogen) atoms. The molecule has 3 N–H and O–H groups in total. The van der Waals surface area contributed by atoms with Gasteiger partial charge >= 0.3 is 5.97 Å². The number of rotatable bonds is 6. The van der Waals surface area contributed by atoms with E-state index in [-0.39, 0.29) is 24.6 Å². The number of nitrogens with two attached hydrogens (primary N) is 1. The van der Waals surface area contributed by atoms with Gasteiger partial charge in [-0.3, -0.25) is 4.79 Å². The van der Waals surface area contributed by atoms with Gasteiger partial charge in [-0.05, 0) is 6.42 Å². The van der Waals surface area contributed by atoms with Crippen LogP contribution >= 0.6 is 0 Å². The highest BCUT2D eigenvalue weighted by atomic mass is 32.2. The predicted molar refractivity (Wildman–Crippen MR) is 64.1 cm³/mol. The molecule has 1 aliphatic rings. The Hall–Kier alpha value is -1.15. The molecular formula is C10H18N2O5S. The van der Waals surface area contributed by atoms with Crippen LogP contribution in [-0.2, 0) is 19.6 Å². The first-order valence-electron chi connectivity index (χ1n) is 5.77. The van der Waals surface area contributed by atoms with Crippen LogP contribution in [0, 0.1) is 5.92 Å². The topological polar surface area (TPSA) is 118 Å². The van der Waals surface area contributed by atoms with Gasteiger partial charge in [0.2, 0.25) is 15.9 Å². The minimum absolute atomic E-state index is 0.0456. The van der Waals surface area contributed by atoms with Gasteiger partial charge in [-0.2, -0.15) is 0 Å². The van der Waals surface area contributed by atoms with Gasteiger partial charge in [0.1, 0.15) is 6.04 Å². The number of carboxylic acid groups (broad SMARTS) is 1. The van der Waals surface area contributed by atoms with E-state index in [0.717, 1.165) is 0 Å². The average molecular weight is 278 g/mol. The van der Waals surface area contributed by atoms with E-state index in [4.69, 9.17) is 10.2 Å². The van der Waals surface area contributed by atoms with E-state index in [1.807, 2.05) is 6.92 Å². The monoisotopic (exact) mass is 278 g/mol. The summed E-state index contributed by atoms with van der Waals surface area (Å²) in [6.07, 6.45) is 1.05. The summed E-state index contributed by atoms with van der Waals surface area (Å²) in [4.78, 5) is 24.0. The highest BCUT2D eigenvalue weighted by Crippen LogP contribution is 2.23. The number of sulfonamides is 1. The summed E-state index contributed by atoms with van der Waals surface area (Å²) in [5.41, 5.74) is 0. The van der Waals surface area contributed by atoms with E-state index in [1.165, 1.54) is 4.90 Å². The van der Waals surface area contributed by atoms with E-state index < -0.39 is 28.0 Å². The van der Waals surface area contributed by atoms with Crippen molar-refractivity contribution in [1.29, 1.82) is 0 Å². The molecule has 0 spiro atoms. The normalized spacial score (nSPS) is 22.2. The number of amides is 1. The smallest absolute Gasteiger partial charge is 0.326 e. The molecule has 0 aromatic heterocycles. The summed E-state index contributed by atoms with van der Waals surface area (Å²) in [6, 6.07) is -0.868. The van der Waals surface area contributed by atoms with Crippen molar-refractivity contribution in [3.8, 4) is 0 Å². The largest absolute Gasteiger partial charge is 0.480 e. The zero-order valence-corrected chi connectivity index (χ0v) is 11.0. The number of primary sulfonamides is 1. The highest BCUT2D eigenvalue weighted by Gasteiger charge is 2.38. The van der Waals surface area contributed by atoms with E-state index in [0.29, 0.717) is 12.8 Å². The van der Waals surface area contributed by atoms with Crippen molar-refractivity contribution in [2.45, 2.75) is 32.2 Å².